The molecule has 0 amide bonds. The van der Waals surface area contributed by atoms with Crippen LogP contribution in [-0.2, 0) is 4.79 Å². The summed E-state index contributed by atoms with van der Waals surface area (Å²) in [5.74, 6) is -0.937. The Hall–Kier alpha value is -1.55. The minimum absolute atomic E-state index is 0.552. The van der Waals surface area contributed by atoms with E-state index >= 15 is 0 Å². The van der Waals surface area contributed by atoms with Crippen LogP contribution in [-0.4, -0.2) is 23.7 Å². The van der Waals surface area contributed by atoms with Crippen molar-refractivity contribution in [3.8, 4) is 0 Å². The van der Waals surface area contributed by atoms with Crippen molar-refractivity contribution in [2.24, 2.45) is 0 Å². The largest absolute Gasteiger partial charge is 0.478 e. The maximum absolute atomic E-state index is 10.7. The molecule has 2 rings (SSSR count). The first-order valence-electron chi connectivity index (χ1n) is 6.20. The molecule has 0 radical (unpaired) electrons. The highest BCUT2D eigenvalue weighted by molar-refractivity contribution is 9.10. The molecule has 3 nitrogen and oxygen atoms in total. The minimum Gasteiger partial charge on any atom is -0.478 e. The molecule has 4 heteroatoms. The smallest absolute Gasteiger partial charge is 0.328 e. The van der Waals surface area contributed by atoms with Crippen LogP contribution in [0.25, 0.3) is 6.08 Å². The van der Waals surface area contributed by atoms with Gasteiger partial charge in [-0.25, -0.2) is 4.79 Å². The van der Waals surface area contributed by atoms with Gasteiger partial charge in [-0.3, -0.25) is 0 Å². The standard InChI is InChI=1S/C15H16BrNO2/c1-2-9-17(13-5-6-13)14-7-4-12(16)10-11(14)3-8-15(18)19/h2-4,7-8,10,13H,1,5-6,9H2,(H,18,19)/b8-3+. The molecule has 1 fully saturated rings. The normalized spacial score (nSPS) is 14.6. The summed E-state index contributed by atoms with van der Waals surface area (Å²) in [6.45, 7) is 4.57. The van der Waals surface area contributed by atoms with Crippen molar-refractivity contribution >= 4 is 33.7 Å². The predicted octanol–water partition coefficient (Wildman–Crippen LogP) is 3.70. The Morgan fingerprint density at radius 3 is 2.84 bits per heavy atom. The molecule has 0 spiro atoms. The lowest BCUT2D eigenvalue weighted by Gasteiger charge is -2.25. The second kappa shape index (κ2) is 6.06. The summed E-state index contributed by atoms with van der Waals surface area (Å²) < 4.78 is 0.940. The third kappa shape index (κ3) is 3.70. The molecule has 0 bridgehead atoms. The molecule has 19 heavy (non-hydrogen) atoms. The number of anilines is 1. The van der Waals surface area contributed by atoms with Crippen molar-refractivity contribution in [3.05, 3.63) is 47.0 Å². The number of halogens is 1. The fourth-order valence-electron chi connectivity index (χ4n) is 2.05. The molecule has 0 aliphatic heterocycles. The monoisotopic (exact) mass is 321 g/mol. The van der Waals surface area contributed by atoms with Crippen LogP contribution in [0, 0.1) is 0 Å². The molecule has 100 valence electrons. The third-order valence-electron chi connectivity index (χ3n) is 3.02. The molecule has 0 unspecified atom stereocenters. The second-order valence-corrected chi connectivity index (χ2v) is 5.46. The van der Waals surface area contributed by atoms with E-state index < -0.39 is 5.97 Å². The molecule has 1 N–H and O–H groups in total. The van der Waals surface area contributed by atoms with Crippen molar-refractivity contribution in [2.75, 3.05) is 11.4 Å². The fraction of sp³-hybridized carbons (Fsp3) is 0.267. The Labute approximate surface area is 121 Å². The van der Waals surface area contributed by atoms with Crippen LogP contribution >= 0.6 is 15.9 Å². The lowest BCUT2D eigenvalue weighted by Crippen LogP contribution is -2.26. The highest BCUT2D eigenvalue weighted by atomic mass is 79.9. The molecule has 0 heterocycles. The maximum atomic E-state index is 10.7. The predicted molar refractivity (Wildman–Crippen MR) is 81.4 cm³/mol. The second-order valence-electron chi connectivity index (χ2n) is 4.55. The van der Waals surface area contributed by atoms with Gasteiger partial charge >= 0.3 is 5.97 Å². The number of carbonyl (C=O) groups is 1. The summed E-state index contributed by atoms with van der Waals surface area (Å²) in [7, 11) is 0. The third-order valence-corrected chi connectivity index (χ3v) is 3.51. The van der Waals surface area contributed by atoms with Gasteiger partial charge in [0.05, 0.1) is 0 Å². The van der Waals surface area contributed by atoms with Gasteiger partial charge in [-0.15, -0.1) is 6.58 Å². The van der Waals surface area contributed by atoms with Crippen molar-refractivity contribution < 1.29 is 9.90 Å². The molecule has 0 atom stereocenters. The number of benzene rings is 1. The SMILES string of the molecule is C=CCN(c1ccc(Br)cc1/C=C/C(=O)O)C1CC1. The Bertz CT molecular complexity index is 521. The van der Waals surface area contributed by atoms with Gasteiger partial charge in [0.2, 0.25) is 0 Å². The van der Waals surface area contributed by atoms with Crippen molar-refractivity contribution in [2.45, 2.75) is 18.9 Å². The van der Waals surface area contributed by atoms with E-state index in [9.17, 15) is 4.79 Å². The van der Waals surface area contributed by atoms with E-state index in [0.29, 0.717) is 6.04 Å². The number of nitrogens with zero attached hydrogens (tertiary/aromatic N) is 1. The van der Waals surface area contributed by atoms with Crippen LogP contribution in [0.3, 0.4) is 0 Å². The lowest BCUT2D eigenvalue weighted by atomic mass is 10.1. The summed E-state index contributed by atoms with van der Waals surface area (Å²) >= 11 is 3.42. The quantitative estimate of drug-likeness (QED) is 0.641. The van der Waals surface area contributed by atoms with Crippen LogP contribution in [0.1, 0.15) is 18.4 Å². The zero-order valence-corrected chi connectivity index (χ0v) is 12.1. The van der Waals surface area contributed by atoms with Crippen molar-refractivity contribution in [1.29, 1.82) is 0 Å². The van der Waals surface area contributed by atoms with Crippen LogP contribution in [0.2, 0.25) is 0 Å². The summed E-state index contributed by atoms with van der Waals surface area (Å²) in [4.78, 5) is 13.0. The highest BCUT2D eigenvalue weighted by Crippen LogP contribution is 2.35. The summed E-state index contributed by atoms with van der Waals surface area (Å²) in [5.41, 5.74) is 1.97. The molecule has 1 aromatic carbocycles. The molecule has 1 aliphatic rings. The van der Waals surface area contributed by atoms with Gasteiger partial charge in [0.25, 0.3) is 0 Å². The highest BCUT2D eigenvalue weighted by Gasteiger charge is 2.29. The minimum atomic E-state index is -0.937. The maximum Gasteiger partial charge on any atom is 0.328 e. The van der Waals surface area contributed by atoms with E-state index in [1.807, 2.05) is 24.3 Å². The molecule has 1 saturated carbocycles. The van der Waals surface area contributed by atoms with Gasteiger partial charge in [-0.05, 0) is 42.7 Å². The number of hydrogen-bond donors (Lipinski definition) is 1. The van der Waals surface area contributed by atoms with E-state index in [0.717, 1.165) is 22.3 Å². The number of carboxylic acid groups (broad SMARTS) is 1. The van der Waals surface area contributed by atoms with Gasteiger partial charge < -0.3 is 10.0 Å². The van der Waals surface area contributed by atoms with E-state index in [1.165, 1.54) is 18.9 Å². The van der Waals surface area contributed by atoms with Gasteiger partial charge in [0, 0.05) is 28.8 Å². The van der Waals surface area contributed by atoms with Gasteiger partial charge in [-0.2, -0.15) is 0 Å². The van der Waals surface area contributed by atoms with E-state index in [1.54, 1.807) is 6.08 Å². The van der Waals surface area contributed by atoms with Crippen LogP contribution in [0.15, 0.2) is 41.4 Å². The van der Waals surface area contributed by atoms with Crippen LogP contribution in [0.5, 0.6) is 0 Å². The molecule has 1 aliphatic carbocycles. The van der Waals surface area contributed by atoms with E-state index in [4.69, 9.17) is 5.11 Å². The van der Waals surface area contributed by atoms with Crippen LogP contribution in [0.4, 0.5) is 5.69 Å². The Morgan fingerprint density at radius 2 is 2.26 bits per heavy atom. The van der Waals surface area contributed by atoms with Crippen LogP contribution < -0.4 is 4.90 Å². The molecular formula is C15H16BrNO2. The zero-order valence-electron chi connectivity index (χ0n) is 10.6. The summed E-state index contributed by atoms with van der Waals surface area (Å²) in [6, 6.07) is 6.49. The number of rotatable bonds is 6. The zero-order chi connectivity index (χ0) is 13.8. The first kappa shape index (κ1) is 13.9. The number of carboxylic acids is 1. The molecule has 0 aromatic heterocycles. The fourth-order valence-corrected chi connectivity index (χ4v) is 2.43. The van der Waals surface area contributed by atoms with Crippen molar-refractivity contribution in [3.63, 3.8) is 0 Å². The average Bonchev–Trinajstić information content (AvgIpc) is 3.18. The first-order chi connectivity index (χ1) is 9.11. The van der Waals surface area contributed by atoms with Gasteiger partial charge in [-0.1, -0.05) is 22.0 Å². The topological polar surface area (TPSA) is 40.5 Å². The lowest BCUT2D eigenvalue weighted by molar-refractivity contribution is -0.131. The van der Waals surface area contributed by atoms with Crippen molar-refractivity contribution in [1.82, 2.24) is 0 Å². The van der Waals surface area contributed by atoms with E-state index in [-0.39, 0.29) is 0 Å². The molecule has 0 saturated heterocycles. The summed E-state index contributed by atoms with van der Waals surface area (Å²) in [5, 5.41) is 8.77. The average molecular weight is 322 g/mol. The first-order valence-corrected chi connectivity index (χ1v) is 6.99. The molecule has 1 aromatic rings. The van der Waals surface area contributed by atoms with E-state index in [2.05, 4.69) is 27.4 Å². The van der Waals surface area contributed by atoms with Gasteiger partial charge in [0.15, 0.2) is 0 Å². The summed E-state index contributed by atoms with van der Waals surface area (Å²) in [6.07, 6.45) is 7.06. The Morgan fingerprint density at radius 1 is 1.53 bits per heavy atom. The molecular weight excluding hydrogens is 306 g/mol. The number of hydrogen-bond acceptors (Lipinski definition) is 2. The Balaban J connectivity index is 2.36. The number of aliphatic carboxylic acids is 1. The Kier molecular flexibility index (Phi) is 4.43. The van der Waals surface area contributed by atoms with Gasteiger partial charge in [0.1, 0.15) is 0 Å².